The zero-order valence-corrected chi connectivity index (χ0v) is 30.8. The molecule has 0 spiro atoms. The van der Waals surface area contributed by atoms with Crippen molar-refractivity contribution in [3.63, 3.8) is 0 Å². The monoisotopic (exact) mass is 714 g/mol. The number of urea groups is 2. The number of ether oxygens (including phenoxy) is 2. The van der Waals surface area contributed by atoms with Gasteiger partial charge in [-0.2, -0.15) is 0 Å². The van der Waals surface area contributed by atoms with Gasteiger partial charge < -0.3 is 44.9 Å². The number of likely N-dealkylation sites (N-methyl/N-ethyl adjacent to an activating group) is 1. The Kier molecular flexibility index (Phi) is 12.7. The minimum Gasteiger partial charge on any atom is -0.490 e. The van der Waals surface area contributed by atoms with E-state index in [2.05, 4.69) is 21.1 Å². The standard InChI is InChI=1S/C39H50N6O7/c1-24-21-45(25(2)23-46)37(47)32-20-30(40-38(48)41-33-16-11-14-29-13-7-8-15-31(29)33)17-18-34(32)51-26(3)12-9-10-19-50-35(24)22-44(6)39(49)42-36-27(4)43-52-28(36)5/h7-8,11,13-18,20,24-26,35,46H,9-10,12,19,21-23H2,1-6H3,(H,42,49)(H2,40,41,48)/t24-,25+,26-,35-/m1/s1. The highest BCUT2D eigenvalue weighted by Gasteiger charge is 2.31. The van der Waals surface area contributed by atoms with Crippen molar-refractivity contribution < 1.29 is 33.5 Å². The average Bonchev–Trinajstić information content (AvgIpc) is 3.44. The molecule has 3 aromatic carbocycles. The number of carbonyl (C=O) groups excluding carboxylic acids is 3. The van der Waals surface area contributed by atoms with E-state index in [0.29, 0.717) is 40.9 Å². The average molecular weight is 715 g/mol. The van der Waals surface area contributed by atoms with E-state index >= 15 is 0 Å². The number of aromatic nitrogens is 1. The Balaban J connectivity index is 1.38. The van der Waals surface area contributed by atoms with Gasteiger partial charge in [-0.1, -0.05) is 48.5 Å². The van der Waals surface area contributed by atoms with Crippen molar-refractivity contribution in [1.29, 1.82) is 0 Å². The summed E-state index contributed by atoms with van der Waals surface area (Å²) in [6, 6.07) is 17.1. The first-order valence-electron chi connectivity index (χ1n) is 17.8. The third kappa shape index (κ3) is 9.39. The molecule has 4 atom stereocenters. The Labute approximate surface area is 304 Å². The summed E-state index contributed by atoms with van der Waals surface area (Å²) in [6.07, 6.45) is 1.70. The van der Waals surface area contributed by atoms with E-state index < -0.39 is 18.2 Å². The third-order valence-electron chi connectivity index (χ3n) is 9.41. The molecular formula is C39H50N6O7. The minimum absolute atomic E-state index is 0.208. The molecular weight excluding hydrogens is 664 g/mol. The van der Waals surface area contributed by atoms with Crippen LogP contribution in [0.1, 0.15) is 61.8 Å². The number of nitrogens with one attached hydrogen (secondary N) is 3. The van der Waals surface area contributed by atoms with Gasteiger partial charge in [0.15, 0.2) is 5.76 Å². The highest BCUT2D eigenvalue weighted by atomic mass is 16.5. The lowest BCUT2D eigenvalue weighted by molar-refractivity contribution is -0.0115. The van der Waals surface area contributed by atoms with Crippen LogP contribution in [0.2, 0.25) is 0 Å². The molecule has 13 heteroatoms. The maximum Gasteiger partial charge on any atom is 0.323 e. The molecule has 5 rings (SSSR count). The summed E-state index contributed by atoms with van der Waals surface area (Å²) >= 11 is 0. The lowest BCUT2D eigenvalue weighted by Crippen LogP contribution is -2.48. The Morgan fingerprint density at radius 3 is 2.56 bits per heavy atom. The molecule has 0 bridgehead atoms. The van der Waals surface area contributed by atoms with E-state index in [1.165, 1.54) is 0 Å². The smallest absolute Gasteiger partial charge is 0.323 e. The van der Waals surface area contributed by atoms with Crippen LogP contribution in [0.4, 0.5) is 26.7 Å². The fourth-order valence-electron chi connectivity index (χ4n) is 6.30. The summed E-state index contributed by atoms with van der Waals surface area (Å²) in [5, 5.41) is 24.8. The fraction of sp³-hybridized carbons (Fsp3) is 0.436. The SMILES string of the molecule is Cc1noc(C)c1NC(=O)N(C)C[C@H]1OCCCC[C@@H](C)Oc2ccc(NC(=O)Nc3cccc4ccccc34)cc2C(=O)N([C@@H](C)CO)C[C@H]1C. The van der Waals surface area contributed by atoms with Gasteiger partial charge in [0.2, 0.25) is 0 Å². The van der Waals surface area contributed by atoms with Crippen molar-refractivity contribution in [2.45, 2.75) is 72.1 Å². The van der Waals surface area contributed by atoms with Gasteiger partial charge in [-0.25, -0.2) is 9.59 Å². The van der Waals surface area contributed by atoms with Crippen molar-refractivity contribution in [3.05, 3.63) is 77.7 Å². The summed E-state index contributed by atoms with van der Waals surface area (Å²) in [5.41, 5.74) is 2.42. The molecule has 1 aliphatic heterocycles. The topological polar surface area (TPSA) is 158 Å². The number of anilines is 3. The molecule has 0 aliphatic carbocycles. The van der Waals surface area contributed by atoms with E-state index in [-0.39, 0.29) is 49.2 Å². The number of nitrogens with zero attached hydrogens (tertiary/aromatic N) is 3. The number of aliphatic hydroxyl groups is 1. The highest BCUT2D eigenvalue weighted by Crippen LogP contribution is 2.29. The number of aliphatic hydroxyl groups excluding tert-OH is 1. The molecule has 52 heavy (non-hydrogen) atoms. The highest BCUT2D eigenvalue weighted by molar-refractivity contribution is 6.07. The molecule has 0 unspecified atom stereocenters. The second-order valence-electron chi connectivity index (χ2n) is 13.6. The molecule has 0 fully saturated rings. The number of benzene rings is 3. The lowest BCUT2D eigenvalue weighted by atomic mass is 10.0. The van der Waals surface area contributed by atoms with Crippen LogP contribution >= 0.6 is 0 Å². The van der Waals surface area contributed by atoms with Crippen LogP contribution in [-0.2, 0) is 4.74 Å². The number of aryl methyl sites for hydroxylation is 2. The number of fused-ring (bicyclic) bond motifs is 2. The lowest BCUT2D eigenvalue weighted by Gasteiger charge is -2.35. The van der Waals surface area contributed by atoms with Crippen LogP contribution in [0.15, 0.2) is 65.2 Å². The molecule has 278 valence electrons. The third-order valence-corrected chi connectivity index (χ3v) is 9.41. The summed E-state index contributed by atoms with van der Waals surface area (Å²) in [6.45, 7) is 9.85. The van der Waals surface area contributed by atoms with E-state index in [9.17, 15) is 19.5 Å². The number of carbonyl (C=O) groups is 3. The van der Waals surface area contributed by atoms with Crippen molar-refractivity contribution in [2.75, 3.05) is 49.3 Å². The van der Waals surface area contributed by atoms with E-state index in [0.717, 1.165) is 30.0 Å². The first-order valence-corrected chi connectivity index (χ1v) is 17.8. The number of hydrogen-bond acceptors (Lipinski definition) is 8. The Morgan fingerprint density at radius 1 is 1.04 bits per heavy atom. The van der Waals surface area contributed by atoms with Gasteiger partial charge in [0.25, 0.3) is 5.91 Å². The maximum atomic E-state index is 14.5. The van der Waals surface area contributed by atoms with Crippen LogP contribution in [0.25, 0.3) is 10.8 Å². The molecule has 1 aromatic heterocycles. The minimum atomic E-state index is -0.555. The predicted octanol–water partition coefficient (Wildman–Crippen LogP) is 7.05. The molecule has 0 radical (unpaired) electrons. The first-order chi connectivity index (χ1) is 24.9. The molecule has 4 N–H and O–H groups in total. The van der Waals surface area contributed by atoms with Gasteiger partial charge in [0.05, 0.1) is 36.1 Å². The van der Waals surface area contributed by atoms with Crippen LogP contribution in [0.3, 0.4) is 0 Å². The second-order valence-corrected chi connectivity index (χ2v) is 13.6. The number of rotatable bonds is 7. The molecule has 1 aliphatic rings. The van der Waals surface area contributed by atoms with Crippen LogP contribution < -0.4 is 20.7 Å². The van der Waals surface area contributed by atoms with Crippen LogP contribution in [0.5, 0.6) is 5.75 Å². The molecule has 4 aromatic rings. The number of amides is 5. The van der Waals surface area contributed by atoms with Gasteiger partial charge in [-0.15, -0.1) is 0 Å². The molecule has 5 amide bonds. The summed E-state index contributed by atoms with van der Waals surface area (Å²) in [4.78, 5) is 44.1. The van der Waals surface area contributed by atoms with Crippen LogP contribution in [-0.4, -0.2) is 89.6 Å². The second kappa shape index (κ2) is 17.4. The maximum absolute atomic E-state index is 14.5. The normalized spacial score (nSPS) is 19.2. The van der Waals surface area contributed by atoms with Crippen LogP contribution in [0, 0.1) is 19.8 Å². The summed E-state index contributed by atoms with van der Waals surface area (Å²) < 4.78 is 17.9. The Morgan fingerprint density at radius 2 is 1.81 bits per heavy atom. The van der Waals surface area contributed by atoms with Gasteiger partial charge in [0.1, 0.15) is 17.1 Å². The van der Waals surface area contributed by atoms with Crippen molar-refractivity contribution in [2.24, 2.45) is 5.92 Å². The Hall–Kier alpha value is -5.14. The van der Waals surface area contributed by atoms with Gasteiger partial charge in [-0.05, 0) is 76.6 Å². The summed E-state index contributed by atoms with van der Waals surface area (Å²) in [5.74, 6) is 0.289. The zero-order chi connectivity index (χ0) is 37.4. The first kappa shape index (κ1) is 38.1. The summed E-state index contributed by atoms with van der Waals surface area (Å²) in [7, 11) is 1.69. The van der Waals surface area contributed by atoms with Gasteiger partial charge in [-0.3, -0.25) is 4.79 Å². The van der Waals surface area contributed by atoms with E-state index in [1.807, 2.05) is 56.3 Å². The number of hydrogen-bond donors (Lipinski definition) is 4. The molecule has 0 saturated carbocycles. The molecule has 2 heterocycles. The predicted molar refractivity (Wildman–Crippen MR) is 201 cm³/mol. The quantitative estimate of drug-likeness (QED) is 0.159. The van der Waals surface area contributed by atoms with E-state index in [4.69, 9.17) is 14.0 Å². The largest absolute Gasteiger partial charge is 0.490 e. The fourth-order valence-corrected chi connectivity index (χ4v) is 6.30. The van der Waals surface area contributed by atoms with Crippen molar-refractivity contribution >= 4 is 45.8 Å². The van der Waals surface area contributed by atoms with Crippen molar-refractivity contribution in [1.82, 2.24) is 15.0 Å². The zero-order valence-electron chi connectivity index (χ0n) is 30.8. The van der Waals surface area contributed by atoms with Crippen molar-refractivity contribution in [3.8, 4) is 5.75 Å². The molecule has 0 saturated heterocycles. The Bertz CT molecular complexity index is 1840. The molecule has 13 nitrogen and oxygen atoms in total. The van der Waals surface area contributed by atoms with E-state index in [1.54, 1.807) is 55.8 Å². The van der Waals surface area contributed by atoms with Gasteiger partial charge >= 0.3 is 12.1 Å². The van der Waals surface area contributed by atoms with Gasteiger partial charge in [0, 0.05) is 43.7 Å².